The van der Waals surface area contributed by atoms with Crippen LogP contribution in [0.2, 0.25) is 0 Å². The molecule has 3 aromatic rings. The smallest absolute Gasteiger partial charge is 0.279 e. The number of nitrogens with one attached hydrogen (secondary N) is 2. The van der Waals surface area contributed by atoms with Crippen LogP contribution >= 0.6 is 11.3 Å². The van der Waals surface area contributed by atoms with Gasteiger partial charge in [-0.1, -0.05) is 12.1 Å². The molecule has 2 N–H and O–H groups in total. The van der Waals surface area contributed by atoms with Gasteiger partial charge in [-0.2, -0.15) is 0 Å². The Hall–Kier alpha value is -2.54. The molecule has 0 saturated carbocycles. The Morgan fingerprint density at radius 1 is 1.25 bits per heavy atom. The average Bonchev–Trinajstić information content (AvgIpc) is 3.00. The molecule has 6 nitrogen and oxygen atoms in total. The molecule has 20 heavy (non-hydrogen) atoms. The Bertz CT molecular complexity index is 739. The molecule has 0 aliphatic carbocycles. The second kappa shape index (κ2) is 5.62. The number of pyridine rings is 1. The van der Waals surface area contributed by atoms with Gasteiger partial charge in [-0.05, 0) is 23.1 Å². The second-order valence-electron chi connectivity index (χ2n) is 4.04. The first-order valence-electron chi connectivity index (χ1n) is 5.96. The summed E-state index contributed by atoms with van der Waals surface area (Å²) in [4.78, 5) is 19.4. The Labute approximate surface area is 118 Å². The number of nitrogens with zero attached hydrogens (tertiary/aromatic N) is 3. The van der Waals surface area contributed by atoms with Gasteiger partial charge in [-0.15, -0.1) is 21.5 Å². The molecule has 0 aliphatic rings. The van der Waals surface area contributed by atoms with Crippen molar-refractivity contribution in [2.45, 2.75) is 6.54 Å². The summed E-state index contributed by atoms with van der Waals surface area (Å²) in [7, 11) is 0. The number of aromatic nitrogens is 4. The number of H-pyrrole nitrogens is 1. The molecule has 100 valence electrons. The van der Waals surface area contributed by atoms with E-state index in [1.807, 2.05) is 29.6 Å². The third-order valence-electron chi connectivity index (χ3n) is 2.63. The topological polar surface area (TPSA) is 83.6 Å². The monoisotopic (exact) mass is 285 g/mol. The summed E-state index contributed by atoms with van der Waals surface area (Å²) in [6.07, 6.45) is 3.46. The molecule has 0 fully saturated rings. The zero-order chi connectivity index (χ0) is 13.8. The minimum atomic E-state index is -0.254. The van der Waals surface area contributed by atoms with Crippen molar-refractivity contribution in [3.05, 3.63) is 58.0 Å². The predicted octanol–water partition coefficient (Wildman–Crippen LogP) is 1.90. The van der Waals surface area contributed by atoms with Crippen molar-refractivity contribution in [2.75, 3.05) is 5.32 Å². The van der Waals surface area contributed by atoms with Gasteiger partial charge in [0.2, 0.25) is 5.95 Å². The first-order chi connectivity index (χ1) is 9.83. The Kier molecular flexibility index (Phi) is 3.51. The quantitative estimate of drug-likeness (QED) is 0.765. The minimum Gasteiger partial charge on any atom is -0.350 e. The van der Waals surface area contributed by atoms with Crippen molar-refractivity contribution in [3.63, 3.8) is 0 Å². The maximum Gasteiger partial charge on any atom is 0.279 e. The highest BCUT2D eigenvalue weighted by Crippen LogP contribution is 2.18. The Balaban J connectivity index is 1.76. The van der Waals surface area contributed by atoms with E-state index in [9.17, 15) is 4.79 Å². The lowest BCUT2D eigenvalue weighted by atomic mass is 10.3. The predicted molar refractivity (Wildman–Crippen MR) is 77.5 cm³/mol. The van der Waals surface area contributed by atoms with Crippen molar-refractivity contribution in [1.29, 1.82) is 0 Å². The molecule has 3 rings (SSSR count). The SMILES string of the molecule is O=c1[nH]c(NCc2cccnc2)nnc1-c1cccs1. The summed E-state index contributed by atoms with van der Waals surface area (Å²) < 4.78 is 0. The van der Waals surface area contributed by atoms with Gasteiger partial charge in [0, 0.05) is 18.9 Å². The molecule has 3 heterocycles. The highest BCUT2D eigenvalue weighted by atomic mass is 32.1. The van der Waals surface area contributed by atoms with Crippen molar-refractivity contribution in [1.82, 2.24) is 20.2 Å². The summed E-state index contributed by atoms with van der Waals surface area (Å²) in [5, 5.41) is 12.9. The van der Waals surface area contributed by atoms with Gasteiger partial charge in [-0.25, -0.2) is 0 Å². The van der Waals surface area contributed by atoms with Crippen LogP contribution in [-0.4, -0.2) is 20.2 Å². The maximum absolute atomic E-state index is 11.9. The van der Waals surface area contributed by atoms with E-state index in [-0.39, 0.29) is 5.56 Å². The lowest BCUT2D eigenvalue weighted by Gasteiger charge is -2.04. The van der Waals surface area contributed by atoms with Gasteiger partial charge in [0.15, 0.2) is 5.69 Å². The Morgan fingerprint density at radius 3 is 2.90 bits per heavy atom. The highest BCUT2D eigenvalue weighted by molar-refractivity contribution is 7.13. The zero-order valence-corrected chi connectivity index (χ0v) is 11.2. The summed E-state index contributed by atoms with van der Waals surface area (Å²) in [5.74, 6) is 0.346. The number of aromatic amines is 1. The van der Waals surface area contributed by atoms with Crippen molar-refractivity contribution < 1.29 is 0 Å². The van der Waals surface area contributed by atoms with Crippen LogP contribution in [0.3, 0.4) is 0 Å². The molecule has 0 radical (unpaired) electrons. The molecule has 0 spiro atoms. The standard InChI is InChI=1S/C13H11N5OS/c19-12-11(10-4-2-6-20-10)17-18-13(16-12)15-8-9-3-1-5-14-7-9/h1-7H,8H2,(H2,15,16,18,19). The van der Waals surface area contributed by atoms with E-state index < -0.39 is 0 Å². The number of hydrogen-bond acceptors (Lipinski definition) is 6. The molecule has 0 saturated heterocycles. The van der Waals surface area contributed by atoms with E-state index in [1.165, 1.54) is 11.3 Å². The van der Waals surface area contributed by atoms with Crippen LogP contribution in [0.25, 0.3) is 10.6 Å². The first kappa shape index (κ1) is 12.5. The van der Waals surface area contributed by atoms with Crippen molar-refractivity contribution in [2.24, 2.45) is 0 Å². The highest BCUT2D eigenvalue weighted by Gasteiger charge is 2.08. The fourth-order valence-electron chi connectivity index (χ4n) is 1.68. The summed E-state index contributed by atoms with van der Waals surface area (Å²) in [6.45, 7) is 0.525. The fourth-order valence-corrected chi connectivity index (χ4v) is 2.39. The van der Waals surface area contributed by atoms with Gasteiger partial charge < -0.3 is 5.32 Å². The minimum absolute atomic E-state index is 0.254. The first-order valence-corrected chi connectivity index (χ1v) is 6.84. The summed E-state index contributed by atoms with van der Waals surface area (Å²) >= 11 is 1.46. The van der Waals surface area contributed by atoms with Crippen LogP contribution < -0.4 is 10.9 Å². The van der Waals surface area contributed by atoms with Crippen LogP contribution in [0.15, 0.2) is 46.8 Å². The molecular formula is C13H11N5OS. The van der Waals surface area contributed by atoms with Crippen LogP contribution in [-0.2, 0) is 6.54 Å². The number of rotatable bonds is 4. The Morgan fingerprint density at radius 2 is 2.20 bits per heavy atom. The summed E-state index contributed by atoms with van der Waals surface area (Å²) in [5.41, 5.74) is 1.08. The molecule has 0 aliphatic heterocycles. The zero-order valence-electron chi connectivity index (χ0n) is 10.4. The molecule has 0 bridgehead atoms. The summed E-state index contributed by atoms with van der Waals surface area (Å²) in [6, 6.07) is 7.50. The largest absolute Gasteiger partial charge is 0.350 e. The average molecular weight is 285 g/mol. The molecule has 0 amide bonds. The second-order valence-corrected chi connectivity index (χ2v) is 4.99. The van der Waals surface area contributed by atoms with Crippen LogP contribution in [0, 0.1) is 0 Å². The molecule has 7 heteroatoms. The number of hydrogen-bond donors (Lipinski definition) is 2. The molecular weight excluding hydrogens is 274 g/mol. The van der Waals surface area contributed by atoms with E-state index in [1.54, 1.807) is 12.4 Å². The third kappa shape index (κ3) is 2.72. The molecule has 3 aromatic heterocycles. The normalized spacial score (nSPS) is 10.4. The van der Waals surface area contributed by atoms with E-state index in [0.29, 0.717) is 18.2 Å². The third-order valence-corrected chi connectivity index (χ3v) is 3.51. The van der Waals surface area contributed by atoms with E-state index in [2.05, 4.69) is 25.5 Å². The molecule has 0 unspecified atom stereocenters. The lowest BCUT2D eigenvalue weighted by molar-refractivity contribution is 0.931. The van der Waals surface area contributed by atoms with Gasteiger partial charge in [0.1, 0.15) is 0 Å². The van der Waals surface area contributed by atoms with Crippen molar-refractivity contribution in [3.8, 4) is 10.6 Å². The van der Waals surface area contributed by atoms with E-state index in [4.69, 9.17) is 0 Å². The lowest BCUT2D eigenvalue weighted by Crippen LogP contribution is -2.16. The van der Waals surface area contributed by atoms with E-state index >= 15 is 0 Å². The van der Waals surface area contributed by atoms with Crippen LogP contribution in [0.1, 0.15) is 5.56 Å². The fraction of sp³-hybridized carbons (Fsp3) is 0.0769. The van der Waals surface area contributed by atoms with Gasteiger partial charge in [-0.3, -0.25) is 14.8 Å². The maximum atomic E-state index is 11.9. The van der Waals surface area contributed by atoms with Crippen molar-refractivity contribution >= 4 is 17.3 Å². The molecule has 0 atom stereocenters. The van der Waals surface area contributed by atoms with E-state index in [0.717, 1.165) is 10.4 Å². The molecule has 0 aromatic carbocycles. The van der Waals surface area contributed by atoms with Gasteiger partial charge in [0.25, 0.3) is 5.56 Å². The van der Waals surface area contributed by atoms with Crippen LogP contribution in [0.4, 0.5) is 5.95 Å². The van der Waals surface area contributed by atoms with Gasteiger partial charge >= 0.3 is 0 Å². The number of anilines is 1. The van der Waals surface area contributed by atoms with Crippen LogP contribution in [0.5, 0.6) is 0 Å². The van der Waals surface area contributed by atoms with Gasteiger partial charge in [0.05, 0.1) is 4.88 Å². The number of thiophene rings is 1.